The number of ether oxygens (including phenoxy) is 1. The fourth-order valence-electron chi connectivity index (χ4n) is 2.18. The van der Waals surface area contributed by atoms with E-state index in [0.29, 0.717) is 0 Å². The van der Waals surface area contributed by atoms with Gasteiger partial charge in [0.15, 0.2) is 0 Å². The van der Waals surface area contributed by atoms with Crippen LogP contribution in [0, 0.1) is 10.8 Å². The van der Waals surface area contributed by atoms with Crippen LogP contribution in [0.3, 0.4) is 0 Å². The predicted octanol–water partition coefficient (Wildman–Crippen LogP) is 3.84. The van der Waals surface area contributed by atoms with Crippen molar-refractivity contribution in [1.82, 2.24) is 0 Å². The zero-order valence-corrected chi connectivity index (χ0v) is 12.7. The highest BCUT2D eigenvalue weighted by atomic mass is 16.5. The van der Waals surface area contributed by atoms with Crippen molar-refractivity contribution in [1.29, 1.82) is 0 Å². The SMILES string of the molecule is COC=C1C=C(C(C)(C)C)C(O)C(C(C)(C)C)=C1. The molecule has 2 nitrogen and oxygen atoms in total. The van der Waals surface area contributed by atoms with Crippen molar-refractivity contribution in [3.05, 3.63) is 35.1 Å². The molecule has 0 aromatic heterocycles. The summed E-state index contributed by atoms with van der Waals surface area (Å²) in [7, 11) is 1.65. The third-order valence-corrected chi connectivity index (χ3v) is 3.22. The summed E-state index contributed by atoms with van der Waals surface area (Å²) in [6.45, 7) is 12.7. The molecule has 0 atom stereocenters. The molecular weight excluding hydrogens is 224 g/mol. The van der Waals surface area contributed by atoms with Gasteiger partial charge >= 0.3 is 0 Å². The number of aliphatic hydroxyl groups is 1. The first-order chi connectivity index (χ1) is 8.07. The molecule has 0 radical (unpaired) electrons. The van der Waals surface area contributed by atoms with E-state index in [4.69, 9.17) is 4.74 Å². The van der Waals surface area contributed by atoms with Crippen LogP contribution in [0.1, 0.15) is 41.5 Å². The minimum atomic E-state index is -0.501. The fraction of sp³-hybridized carbons (Fsp3) is 0.625. The van der Waals surface area contributed by atoms with E-state index in [0.717, 1.165) is 16.7 Å². The van der Waals surface area contributed by atoms with Crippen molar-refractivity contribution >= 4 is 0 Å². The van der Waals surface area contributed by atoms with E-state index in [1.807, 2.05) is 12.2 Å². The van der Waals surface area contributed by atoms with Crippen LogP contribution in [0.25, 0.3) is 0 Å². The molecule has 0 saturated heterocycles. The molecule has 1 aliphatic rings. The second kappa shape index (κ2) is 4.93. The topological polar surface area (TPSA) is 29.5 Å². The van der Waals surface area contributed by atoms with E-state index in [-0.39, 0.29) is 10.8 Å². The van der Waals surface area contributed by atoms with Gasteiger partial charge in [0.2, 0.25) is 0 Å². The normalized spacial score (nSPS) is 21.3. The molecular formula is C16H26O2. The fourth-order valence-corrected chi connectivity index (χ4v) is 2.18. The number of aliphatic hydroxyl groups excluding tert-OH is 1. The van der Waals surface area contributed by atoms with E-state index < -0.39 is 6.10 Å². The predicted molar refractivity (Wildman–Crippen MR) is 76.2 cm³/mol. The molecule has 0 spiro atoms. The van der Waals surface area contributed by atoms with Gasteiger partial charge in [-0.15, -0.1) is 0 Å². The Labute approximate surface area is 111 Å². The van der Waals surface area contributed by atoms with Gasteiger partial charge < -0.3 is 9.84 Å². The number of hydrogen-bond donors (Lipinski definition) is 1. The zero-order valence-electron chi connectivity index (χ0n) is 12.7. The summed E-state index contributed by atoms with van der Waals surface area (Å²) in [5.74, 6) is 0. The molecule has 0 aliphatic heterocycles. The van der Waals surface area contributed by atoms with E-state index >= 15 is 0 Å². The number of methoxy groups -OCH3 is 1. The minimum Gasteiger partial charge on any atom is -0.504 e. The van der Waals surface area contributed by atoms with Crippen molar-refractivity contribution in [2.45, 2.75) is 47.6 Å². The van der Waals surface area contributed by atoms with Crippen LogP contribution in [0.5, 0.6) is 0 Å². The molecule has 0 aromatic rings. The Morgan fingerprint density at radius 1 is 1.00 bits per heavy atom. The molecule has 0 saturated carbocycles. The molecule has 1 rings (SSSR count). The quantitative estimate of drug-likeness (QED) is 0.717. The lowest BCUT2D eigenvalue weighted by Crippen LogP contribution is -2.31. The first-order valence-electron chi connectivity index (χ1n) is 6.42. The highest BCUT2D eigenvalue weighted by Crippen LogP contribution is 2.41. The van der Waals surface area contributed by atoms with E-state index in [1.165, 1.54) is 0 Å². The van der Waals surface area contributed by atoms with Crippen LogP contribution in [-0.4, -0.2) is 18.3 Å². The highest BCUT2D eigenvalue weighted by molar-refractivity contribution is 5.48. The molecule has 0 bridgehead atoms. The second-order valence-electron chi connectivity index (χ2n) is 6.96. The van der Waals surface area contributed by atoms with E-state index in [1.54, 1.807) is 13.4 Å². The average molecular weight is 250 g/mol. The van der Waals surface area contributed by atoms with Crippen molar-refractivity contribution in [3.8, 4) is 0 Å². The maximum atomic E-state index is 10.6. The summed E-state index contributed by atoms with van der Waals surface area (Å²) in [6.07, 6.45) is 5.29. The van der Waals surface area contributed by atoms with Crippen LogP contribution in [0.2, 0.25) is 0 Å². The zero-order chi connectivity index (χ0) is 14.1. The lowest BCUT2D eigenvalue weighted by molar-refractivity contribution is 0.191. The molecule has 18 heavy (non-hydrogen) atoms. The first-order valence-corrected chi connectivity index (χ1v) is 6.42. The Kier molecular flexibility index (Phi) is 4.12. The van der Waals surface area contributed by atoms with Crippen LogP contribution < -0.4 is 0 Å². The van der Waals surface area contributed by atoms with Crippen LogP contribution in [0.4, 0.5) is 0 Å². The third-order valence-electron chi connectivity index (χ3n) is 3.22. The van der Waals surface area contributed by atoms with Gasteiger partial charge in [-0.2, -0.15) is 0 Å². The van der Waals surface area contributed by atoms with E-state index in [2.05, 4.69) is 41.5 Å². The maximum absolute atomic E-state index is 10.6. The largest absolute Gasteiger partial charge is 0.504 e. The van der Waals surface area contributed by atoms with Crippen molar-refractivity contribution in [2.24, 2.45) is 10.8 Å². The maximum Gasteiger partial charge on any atom is 0.0977 e. The van der Waals surface area contributed by atoms with Crippen molar-refractivity contribution in [3.63, 3.8) is 0 Å². The Bertz CT molecular complexity index is 364. The van der Waals surface area contributed by atoms with Gasteiger partial charge in [-0.3, -0.25) is 0 Å². The summed E-state index contributed by atoms with van der Waals surface area (Å²) < 4.78 is 5.11. The lowest BCUT2D eigenvalue weighted by Gasteiger charge is -2.37. The second-order valence-corrected chi connectivity index (χ2v) is 6.96. The number of hydrogen-bond acceptors (Lipinski definition) is 2. The van der Waals surface area contributed by atoms with Gasteiger partial charge in [-0.05, 0) is 34.1 Å². The molecule has 2 heteroatoms. The molecule has 0 unspecified atom stereocenters. The van der Waals surface area contributed by atoms with Crippen LogP contribution in [0.15, 0.2) is 35.1 Å². The summed E-state index contributed by atoms with van der Waals surface area (Å²) in [5.41, 5.74) is 2.97. The van der Waals surface area contributed by atoms with Crippen LogP contribution in [-0.2, 0) is 4.74 Å². The van der Waals surface area contributed by atoms with Gasteiger partial charge in [-0.25, -0.2) is 0 Å². The monoisotopic (exact) mass is 250 g/mol. The Balaban J connectivity index is 3.30. The van der Waals surface area contributed by atoms with Crippen molar-refractivity contribution in [2.75, 3.05) is 7.11 Å². The standard InChI is InChI=1S/C16H26O2/c1-15(2,3)12-8-11(10-18-7)9-13(14(12)17)16(4,5)6/h8-10,14,17H,1-7H3. The molecule has 1 N–H and O–H groups in total. The smallest absolute Gasteiger partial charge is 0.0977 e. The van der Waals surface area contributed by atoms with Crippen molar-refractivity contribution < 1.29 is 9.84 Å². The lowest BCUT2D eigenvalue weighted by atomic mass is 9.71. The Hall–Kier alpha value is -1.02. The van der Waals surface area contributed by atoms with Gasteiger partial charge in [0.05, 0.1) is 19.5 Å². The molecule has 102 valence electrons. The summed E-state index contributed by atoms with van der Waals surface area (Å²) >= 11 is 0. The number of allylic oxidation sites excluding steroid dienone is 3. The first kappa shape index (κ1) is 15.0. The van der Waals surface area contributed by atoms with E-state index in [9.17, 15) is 5.11 Å². The minimum absolute atomic E-state index is 0.0585. The Morgan fingerprint density at radius 2 is 1.39 bits per heavy atom. The average Bonchev–Trinajstić information content (AvgIpc) is 2.17. The van der Waals surface area contributed by atoms with Gasteiger partial charge in [0, 0.05) is 5.57 Å². The Morgan fingerprint density at radius 3 is 1.67 bits per heavy atom. The molecule has 0 aromatic carbocycles. The third kappa shape index (κ3) is 3.26. The van der Waals surface area contributed by atoms with Gasteiger partial charge in [0.1, 0.15) is 0 Å². The summed E-state index contributed by atoms with van der Waals surface area (Å²) in [6, 6.07) is 0. The molecule has 0 fully saturated rings. The van der Waals surface area contributed by atoms with Gasteiger partial charge in [0.25, 0.3) is 0 Å². The summed E-state index contributed by atoms with van der Waals surface area (Å²) in [4.78, 5) is 0. The highest BCUT2D eigenvalue weighted by Gasteiger charge is 2.34. The van der Waals surface area contributed by atoms with Crippen LogP contribution >= 0.6 is 0 Å². The van der Waals surface area contributed by atoms with Gasteiger partial charge in [-0.1, -0.05) is 41.5 Å². The molecule has 1 aliphatic carbocycles. The number of rotatable bonds is 1. The summed E-state index contributed by atoms with van der Waals surface area (Å²) in [5, 5.41) is 10.6. The molecule has 0 heterocycles. The molecule has 0 amide bonds.